The molecule has 0 saturated heterocycles. The lowest BCUT2D eigenvalue weighted by molar-refractivity contribution is -0.153. The van der Waals surface area contributed by atoms with Crippen LogP contribution in [0.25, 0.3) is 10.9 Å². The SMILES string of the molecule is CCOC(=O)C(O)c1cn(CC)c2cccc(Cl)c12. The Bertz CT molecular complexity index is 606. The van der Waals surface area contributed by atoms with Crippen LogP contribution >= 0.6 is 11.6 Å². The van der Waals surface area contributed by atoms with Crippen LogP contribution in [0.3, 0.4) is 0 Å². The zero-order valence-electron chi connectivity index (χ0n) is 10.9. The van der Waals surface area contributed by atoms with Gasteiger partial charge in [0, 0.05) is 29.2 Å². The highest BCUT2D eigenvalue weighted by atomic mass is 35.5. The first-order valence-corrected chi connectivity index (χ1v) is 6.59. The lowest BCUT2D eigenvalue weighted by atomic mass is 10.1. The minimum absolute atomic E-state index is 0.232. The molecule has 102 valence electrons. The van der Waals surface area contributed by atoms with Gasteiger partial charge in [0.1, 0.15) is 0 Å². The molecule has 1 atom stereocenters. The maximum absolute atomic E-state index is 11.7. The Morgan fingerprint density at radius 1 is 1.47 bits per heavy atom. The highest BCUT2D eigenvalue weighted by molar-refractivity contribution is 6.35. The molecule has 1 unspecified atom stereocenters. The number of aliphatic hydroxyl groups is 1. The number of esters is 1. The van der Waals surface area contributed by atoms with Crippen LogP contribution in [-0.4, -0.2) is 22.2 Å². The molecule has 2 rings (SSSR count). The van der Waals surface area contributed by atoms with Crippen molar-refractivity contribution >= 4 is 28.5 Å². The van der Waals surface area contributed by atoms with Crippen LogP contribution in [0.2, 0.25) is 5.02 Å². The number of ether oxygens (including phenoxy) is 1. The largest absolute Gasteiger partial charge is 0.464 e. The lowest BCUT2D eigenvalue weighted by Gasteiger charge is -2.09. The first-order valence-electron chi connectivity index (χ1n) is 6.22. The zero-order valence-corrected chi connectivity index (χ0v) is 11.6. The van der Waals surface area contributed by atoms with E-state index in [9.17, 15) is 9.90 Å². The topological polar surface area (TPSA) is 51.5 Å². The summed E-state index contributed by atoms with van der Waals surface area (Å²) in [7, 11) is 0. The third-order valence-corrected chi connectivity index (χ3v) is 3.34. The Morgan fingerprint density at radius 2 is 2.21 bits per heavy atom. The number of aryl methyl sites for hydroxylation is 1. The number of fused-ring (bicyclic) bond motifs is 1. The first kappa shape index (κ1) is 13.9. The molecule has 0 aliphatic heterocycles. The van der Waals surface area contributed by atoms with Gasteiger partial charge in [-0.15, -0.1) is 0 Å². The van der Waals surface area contributed by atoms with Gasteiger partial charge in [-0.1, -0.05) is 17.7 Å². The summed E-state index contributed by atoms with van der Waals surface area (Å²) in [6.07, 6.45) is 0.438. The predicted molar refractivity (Wildman–Crippen MR) is 74.2 cm³/mol. The standard InChI is InChI=1S/C14H16ClNO3/c1-3-16-8-9(13(17)14(18)19-4-2)12-10(15)6-5-7-11(12)16/h5-8,13,17H,3-4H2,1-2H3. The fraction of sp³-hybridized carbons (Fsp3) is 0.357. The van der Waals surface area contributed by atoms with Crippen LogP contribution in [0.15, 0.2) is 24.4 Å². The van der Waals surface area contributed by atoms with Crippen LogP contribution in [0.5, 0.6) is 0 Å². The number of benzene rings is 1. The van der Waals surface area contributed by atoms with E-state index < -0.39 is 12.1 Å². The maximum Gasteiger partial charge on any atom is 0.339 e. The van der Waals surface area contributed by atoms with E-state index in [0.717, 1.165) is 12.1 Å². The quantitative estimate of drug-likeness (QED) is 0.877. The van der Waals surface area contributed by atoms with Gasteiger partial charge in [0.25, 0.3) is 0 Å². The lowest BCUT2D eigenvalue weighted by Crippen LogP contribution is -2.15. The molecule has 1 N–H and O–H groups in total. The summed E-state index contributed by atoms with van der Waals surface area (Å²) in [5, 5.41) is 11.3. The van der Waals surface area contributed by atoms with E-state index in [1.807, 2.05) is 23.6 Å². The van der Waals surface area contributed by atoms with Gasteiger partial charge in [-0.25, -0.2) is 4.79 Å². The molecule has 0 fully saturated rings. The summed E-state index contributed by atoms with van der Waals surface area (Å²) < 4.78 is 6.79. The van der Waals surface area contributed by atoms with Crippen molar-refractivity contribution in [2.75, 3.05) is 6.61 Å². The van der Waals surface area contributed by atoms with Gasteiger partial charge >= 0.3 is 5.97 Å². The van der Waals surface area contributed by atoms with Gasteiger partial charge in [-0.2, -0.15) is 0 Å². The van der Waals surface area contributed by atoms with Crippen LogP contribution in [-0.2, 0) is 16.1 Å². The molecular formula is C14H16ClNO3. The normalized spacial score (nSPS) is 12.6. The molecule has 4 nitrogen and oxygen atoms in total. The van der Waals surface area contributed by atoms with Crippen molar-refractivity contribution in [2.24, 2.45) is 0 Å². The molecule has 0 radical (unpaired) electrons. The van der Waals surface area contributed by atoms with Crippen LogP contribution in [0.1, 0.15) is 25.5 Å². The molecule has 0 bridgehead atoms. The Kier molecular flexibility index (Phi) is 4.12. The summed E-state index contributed by atoms with van der Waals surface area (Å²) >= 11 is 6.18. The van der Waals surface area contributed by atoms with E-state index in [-0.39, 0.29) is 6.61 Å². The number of aromatic nitrogens is 1. The average molecular weight is 282 g/mol. The van der Waals surface area contributed by atoms with Crippen molar-refractivity contribution in [1.82, 2.24) is 4.57 Å². The Labute approximate surface area is 116 Å². The van der Waals surface area contributed by atoms with Crippen molar-refractivity contribution in [3.63, 3.8) is 0 Å². The van der Waals surface area contributed by atoms with Crippen molar-refractivity contribution in [3.05, 3.63) is 35.0 Å². The third-order valence-electron chi connectivity index (χ3n) is 3.03. The number of hydrogen-bond acceptors (Lipinski definition) is 3. The van der Waals surface area contributed by atoms with E-state index in [1.54, 1.807) is 19.2 Å². The summed E-state index contributed by atoms with van der Waals surface area (Å²) in [5.74, 6) is -0.655. The summed E-state index contributed by atoms with van der Waals surface area (Å²) in [6, 6.07) is 5.49. The minimum Gasteiger partial charge on any atom is -0.464 e. The van der Waals surface area contributed by atoms with Crippen molar-refractivity contribution < 1.29 is 14.6 Å². The number of rotatable bonds is 4. The van der Waals surface area contributed by atoms with Crippen LogP contribution in [0.4, 0.5) is 0 Å². The highest BCUT2D eigenvalue weighted by Gasteiger charge is 2.24. The fourth-order valence-electron chi connectivity index (χ4n) is 2.16. The van der Waals surface area contributed by atoms with Crippen LogP contribution < -0.4 is 0 Å². The molecule has 0 aliphatic rings. The Hall–Kier alpha value is -1.52. The monoisotopic (exact) mass is 281 g/mol. The zero-order chi connectivity index (χ0) is 14.0. The van der Waals surface area contributed by atoms with Gasteiger partial charge in [0.2, 0.25) is 0 Å². The molecule has 1 aromatic carbocycles. The second-order valence-electron chi connectivity index (χ2n) is 4.16. The van der Waals surface area contributed by atoms with E-state index in [1.165, 1.54) is 0 Å². The van der Waals surface area contributed by atoms with E-state index in [4.69, 9.17) is 16.3 Å². The van der Waals surface area contributed by atoms with E-state index in [0.29, 0.717) is 16.0 Å². The molecule has 1 aromatic heterocycles. The molecule has 1 heterocycles. The number of halogens is 1. The second kappa shape index (κ2) is 5.63. The van der Waals surface area contributed by atoms with Gasteiger partial charge in [0.05, 0.1) is 11.6 Å². The summed E-state index contributed by atoms with van der Waals surface area (Å²) in [6.45, 7) is 4.65. The molecule has 19 heavy (non-hydrogen) atoms. The molecule has 5 heteroatoms. The first-order chi connectivity index (χ1) is 9.10. The number of aliphatic hydroxyl groups excluding tert-OH is 1. The Morgan fingerprint density at radius 3 is 2.84 bits per heavy atom. The van der Waals surface area contributed by atoms with Crippen LogP contribution in [0, 0.1) is 0 Å². The molecule has 0 amide bonds. The molecule has 0 aliphatic carbocycles. The summed E-state index contributed by atoms with van der Waals surface area (Å²) in [4.78, 5) is 11.7. The number of nitrogens with zero attached hydrogens (tertiary/aromatic N) is 1. The molecule has 0 saturated carbocycles. The maximum atomic E-state index is 11.7. The van der Waals surface area contributed by atoms with E-state index >= 15 is 0 Å². The number of carbonyl (C=O) groups excluding carboxylic acids is 1. The van der Waals surface area contributed by atoms with E-state index in [2.05, 4.69) is 0 Å². The number of carbonyl (C=O) groups is 1. The van der Waals surface area contributed by atoms with Gasteiger partial charge in [-0.05, 0) is 26.0 Å². The fourth-order valence-corrected chi connectivity index (χ4v) is 2.44. The second-order valence-corrected chi connectivity index (χ2v) is 4.57. The van der Waals surface area contributed by atoms with Crippen molar-refractivity contribution in [1.29, 1.82) is 0 Å². The third kappa shape index (κ3) is 2.46. The molecular weight excluding hydrogens is 266 g/mol. The summed E-state index contributed by atoms with van der Waals surface area (Å²) in [5.41, 5.74) is 1.38. The predicted octanol–water partition coefficient (Wildman–Crippen LogP) is 2.91. The van der Waals surface area contributed by atoms with Gasteiger partial charge in [0.15, 0.2) is 6.10 Å². The Balaban J connectivity index is 2.57. The van der Waals surface area contributed by atoms with Gasteiger partial charge < -0.3 is 14.4 Å². The average Bonchev–Trinajstić information content (AvgIpc) is 2.78. The van der Waals surface area contributed by atoms with Crippen molar-refractivity contribution in [2.45, 2.75) is 26.5 Å². The van der Waals surface area contributed by atoms with Gasteiger partial charge in [-0.3, -0.25) is 0 Å². The van der Waals surface area contributed by atoms with Crippen molar-refractivity contribution in [3.8, 4) is 0 Å². The smallest absolute Gasteiger partial charge is 0.339 e. The molecule has 2 aromatic rings. The molecule has 0 spiro atoms. The minimum atomic E-state index is -1.31. The number of hydrogen-bond donors (Lipinski definition) is 1. The highest BCUT2D eigenvalue weighted by Crippen LogP contribution is 2.32.